The summed E-state index contributed by atoms with van der Waals surface area (Å²) in [5, 5.41) is 10.0. The third-order valence-electron chi connectivity index (χ3n) is 6.19. The summed E-state index contributed by atoms with van der Waals surface area (Å²) in [6.07, 6.45) is -3.17. The summed E-state index contributed by atoms with van der Waals surface area (Å²) in [7, 11) is 0. The minimum Gasteiger partial charge on any atom is -0.493 e. The van der Waals surface area contributed by atoms with Crippen LogP contribution < -0.4 is 10.5 Å². The van der Waals surface area contributed by atoms with Crippen LogP contribution in [0.5, 0.6) is 5.75 Å². The molecule has 5 rings (SSSR count). The van der Waals surface area contributed by atoms with E-state index in [0.29, 0.717) is 19.6 Å². The molecule has 2 N–H and O–H groups in total. The molecule has 0 aliphatic carbocycles. The number of ether oxygens (including phenoxy) is 1. The van der Waals surface area contributed by atoms with Gasteiger partial charge in [0.1, 0.15) is 5.75 Å². The van der Waals surface area contributed by atoms with Crippen molar-refractivity contribution >= 4 is 0 Å². The Morgan fingerprint density at radius 1 is 1.16 bits per heavy atom. The Balaban J connectivity index is 1.45. The monoisotopic (exact) mass is 444 g/mol. The van der Waals surface area contributed by atoms with Gasteiger partial charge in [0.25, 0.3) is 5.82 Å². The van der Waals surface area contributed by atoms with E-state index in [-0.39, 0.29) is 17.6 Å². The fourth-order valence-electron chi connectivity index (χ4n) is 4.62. The van der Waals surface area contributed by atoms with Crippen LogP contribution in [-0.4, -0.2) is 50.8 Å². The maximum absolute atomic E-state index is 13.3. The predicted octanol–water partition coefficient (Wildman–Crippen LogP) is 2.93. The molecule has 1 aromatic heterocycles. The highest BCUT2D eigenvalue weighted by atomic mass is 19.4. The summed E-state index contributed by atoms with van der Waals surface area (Å²) in [5.74, 6) is -0.199. The van der Waals surface area contributed by atoms with E-state index in [4.69, 9.17) is 10.5 Å². The molecular formula is C22H23F3N6O. The van der Waals surface area contributed by atoms with Crippen molar-refractivity contribution in [3.8, 4) is 11.4 Å². The fourth-order valence-corrected chi connectivity index (χ4v) is 4.62. The first-order valence-electron chi connectivity index (χ1n) is 10.6. The summed E-state index contributed by atoms with van der Waals surface area (Å²) in [6, 6.07) is 13.6. The van der Waals surface area contributed by atoms with Crippen molar-refractivity contribution in [2.24, 2.45) is 5.73 Å². The van der Waals surface area contributed by atoms with Gasteiger partial charge in [0.05, 0.1) is 12.3 Å². The van der Waals surface area contributed by atoms with E-state index in [2.05, 4.69) is 32.6 Å². The van der Waals surface area contributed by atoms with Crippen LogP contribution in [0.3, 0.4) is 0 Å². The van der Waals surface area contributed by atoms with Crippen molar-refractivity contribution in [1.29, 1.82) is 0 Å². The van der Waals surface area contributed by atoms with Gasteiger partial charge < -0.3 is 10.5 Å². The average Bonchev–Trinajstić information content (AvgIpc) is 3.45. The van der Waals surface area contributed by atoms with E-state index in [1.165, 1.54) is 5.56 Å². The zero-order valence-corrected chi connectivity index (χ0v) is 17.3. The molecule has 0 saturated carbocycles. The number of rotatable bonds is 4. The second-order valence-corrected chi connectivity index (χ2v) is 8.31. The minimum absolute atomic E-state index is 0.0671. The third-order valence-corrected chi connectivity index (χ3v) is 6.19. The Morgan fingerprint density at radius 2 is 1.97 bits per heavy atom. The maximum Gasteiger partial charge on any atom is 0.453 e. The summed E-state index contributed by atoms with van der Waals surface area (Å²) in [6.45, 7) is 2.63. The van der Waals surface area contributed by atoms with Gasteiger partial charge in [0.15, 0.2) is 0 Å². The molecule has 0 spiro atoms. The van der Waals surface area contributed by atoms with E-state index < -0.39 is 12.0 Å². The fraction of sp³-hybridized carbons (Fsp3) is 0.409. The molecule has 10 heteroatoms. The van der Waals surface area contributed by atoms with Gasteiger partial charge in [-0.05, 0) is 40.1 Å². The van der Waals surface area contributed by atoms with E-state index in [0.717, 1.165) is 41.1 Å². The number of fused-ring (bicyclic) bond motifs is 1. The molecule has 1 saturated heterocycles. The molecule has 2 aromatic carbocycles. The highest BCUT2D eigenvalue weighted by molar-refractivity contribution is 5.52. The zero-order valence-electron chi connectivity index (χ0n) is 17.3. The van der Waals surface area contributed by atoms with E-state index in [1.54, 1.807) is 12.1 Å². The Labute approximate surface area is 183 Å². The molecule has 0 bridgehead atoms. The molecule has 2 atom stereocenters. The van der Waals surface area contributed by atoms with Gasteiger partial charge in [0.2, 0.25) is 0 Å². The highest BCUT2D eigenvalue weighted by Crippen LogP contribution is 2.36. The summed E-state index contributed by atoms with van der Waals surface area (Å²) < 4.78 is 46.6. The minimum atomic E-state index is -4.65. The normalized spacial score (nSPS) is 21.4. The number of benzene rings is 2. The van der Waals surface area contributed by atoms with Crippen LogP contribution >= 0.6 is 0 Å². The number of nitrogens with zero attached hydrogens (tertiary/aromatic N) is 5. The van der Waals surface area contributed by atoms with Crippen LogP contribution in [0.2, 0.25) is 0 Å². The molecule has 0 amide bonds. The van der Waals surface area contributed by atoms with Gasteiger partial charge >= 0.3 is 6.18 Å². The van der Waals surface area contributed by atoms with Crippen LogP contribution in [0.4, 0.5) is 13.2 Å². The van der Waals surface area contributed by atoms with Gasteiger partial charge in [0, 0.05) is 43.6 Å². The molecule has 168 valence electrons. The SMILES string of the molecule is NC1CCN(Cc2cc(-n3nnnc3C(F)(F)F)cc3c2OCC3)CC1c1ccccc1. The molecule has 2 unspecified atom stereocenters. The second kappa shape index (κ2) is 8.18. The lowest BCUT2D eigenvalue weighted by atomic mass is 9.86. The molecular weight excluding hydrogens is 421 g/mol. The molecule has 3 aromatic rings. The van der Waals surface area contributed by atoms with Gasteiger partial charge in [-0.3, -0.25) is 4.90 Å². The van der Waals surface area contributed by atoms with Crippen LogP contribution in [0, 0.1) is 0 Å². The Hall–Kier alpha value is -2.98. The van der Waals surface area contributed by atoms with Crippen molar-refractivity contribution in [2.75, 3.05) is 19.7 Å². The Morgan fingerprint density at radius 3 is 2.75 bits per heavy atom. The lowest BCUT2D eigenvalue weighted by molar-refractivity contribution is -0.146. The van der Waals surface area contributed by atoms with Crippen molar-refractivity contribution < 1.29 is 17.9 Å². The topological polar surface area (TPSA) is 82.1 Å². The average molecular weight is 444 g/mol. The first kappa shape index (κ1) is 20.9. The van der Waals surface area contributed by atoms with E-state index in [1.807, 2.05) is 18.2 Å². The van der Waals surface area contributed by atoms with Crippen molar-refractivity contribution in [2.45, 2.75) is 37.5 Å². The molecule has 3 heterocycles. The molecule has 7 nitrogen and oxygen atoms in total. The van der Waals surface area contributed by atoms with Crippen LogP contribution in [-0.2, 0) is 19.1 Å². The molecule has 32 heavy (non-hydrogen) atoms. The number of aromatic nitrogens is 4. The number of hydrogen-bond donors (Lipinski definition) is 1. The highest BCUT2D eigenvalue weighted by Gasteiger charge is 2.39. The van der Waals surface area contributed by atoms with Gasteiger partial charge in [-0.2, -0.15) is 17.9 Å². The maximum atomic E-state index is 13.3. The van der Waals surface area contributed by atoms with Gasteiger partial charge in [-0.15, -0.1) is 5.10 Å². The van der Waals surface area contributed by atoms with Crippen molar-refractivity contribution in [3.05, 3.63) is 65.0 Å². The molecule has 2 aliphatic heterocycles. The quantitative estimate of drug-likeness (QED) is 0.667. The molecule has 1 fully saturated rings. The first-order valence-corrected chi connectivity index (χ1v) is 10.6. The van der Waals surface area contributed by atoms with E-state index >= 15 is 0 Å². The number of alkyl halides is 3. The second-order valence-electron chi connectivity index (χ2n) is 8.31. The Kier molecular flexibility index (Phi) is 5.34. The number of likely N-dealkylation sites (tertiary alicyclic amines) is 1. The van der Waals surface area contributed by atoms with Crippen LogP contribution in [0.25, 0.3) is 5.69 Å². The summed E-state index contributed by atoms with van der Waals surface area (Å²) >= 11 is 0. The zero-order chi connectivity index (χ0) is 22.3. The summed E-state index contributed by atoms with van der Waals surface area (Å²) in [4.78, 5) is 2.28. The number of piperidine rings is 1. The molecule has 0 radical (unpaired) electrons. The lowest BCUT2D eigenvalue weighted by Gasteiger charge is -2.37. The summed E-state index contributed by atoms with van der Waals surface area (Å²) in [5.41, 5.74) is 9.61. The van der Waals surface area contributed by atoms with E-state index in [9.17, 15) is 13.2 Å². The standard InChI is InChI=1S/C22H23F3N6O/c23-22(24,25)21-27-28-29-31(21)17-10-15-7-9-32-20(15)16(11-17)12-30-8-6-19(26)18(13-30)14-4-2-1-3-5-14/h1-5,10-11,18-19H,6-9,12-13,26H2. The lowest BCUT2D eigenvalue weighted by Crippen LogP contribution is -2.45. The third kappa shape index (κ3) is 3.95. The van der Waals surface area contributed by atoms with Crippen molar-refractivity contribution in [3.63, 3.8) is 0 Å². The van der Waals surface area contributed by atoms with Gasteiger partial charge in [-0.1, -0.05) is 30.3 Å². The largest absolute Gasteiger partial charge is 0.493 e. The van der Waals surface area contributed by atoms with Crippen molar-refractivity contribution in [1.82, 2.24) is 25.1 Å². The van der Waals surface area contributed by atoms with Gasteiger partial charge in [-0.25, -0.2) is 0 Å². The number of hydrogen-bond acceptors (Lipinski definition) is 6. The molecule has 2 aliphatic rings. The number of nitrogens with two attached hydrogens (primary N) is 1. The predicted molar refractivity (Wildman–Crippen MR) is 110 cm³/mol. The number of halogens is 3. The van der Waals surface area contributed by atoms with Crippen LogP contribution in [0.1, 0.15) is 34.9 Å². The number of tetrazole rings is 1. The smallest absolute Gasteiger partial charge is 0.453 e. The van der Waals surface area contributed by atoms with Crippen LogP contribution in [0.15, 0.2) is 42.5 Å². The first-order chi connectivity index (χ1) is 15.4. The Bertz CT molecular complexity index is 1100.